The van der Waals surface area contributed by atoms with Crippen LogP contribution in [-0.2, 0) is 0 Å². The van der Waals surface area contributed by atoms with Crippen LogP contribution in [0.15, 0.2) is 0 Å². The summed E-state index contributed by atoms with van der Waals surface area (Å²) in [6.07, 6.45) is 5.80. The first-order valence-electron chi connectivity index (χ1n) is 3.35. The molecule has 0 atom stereocenters. The Morgan fingerprint density at radius 3 is 2.38 bits per heavy atom. The van der Waals surface area contributed by atoms with Crippen LogP contribution in [0.2, 0.25) is 0 Å². The Balaban J connectivity index is 2.53. The maximum absolute atomic E-state index is 2.37. The zero-order valence-electron chi connectivity index (χ0n) is 5.91. The molecule has 0 N–H and O–H groups in total. The van der Waals surface area contributed by atoms with E-state index in [1.807, 2.05) is 0 Å². The second-order valence-corrected chi connectivity index (χ2v) is 4.62. The third kappa shape index (κ3) is 6.73. The Hall–Kier alpha value is 0.730. The molecule has 0 aliphatic heterocycles. The summed E-state index contributed by atoms with van der Waals surface area (Å²) in [5, 5.41) is 0. The fourth-order valence-corrected chi connectivity index (χ4v) is 1.96. The maximum atomic E-state index is 2.37. The van der Waals surface area contributed by atoms with E-state index in [2.05, 4.69) is 11.9 Å². The molecule has 0 radical (unpaired) electrons. The minimum atomic E-state index is 0.590. The van der Waals surface area contributed by atoms with Crippen molar-refractivity contribution in [1.29, 1.82) is 0 Å². The minimum absolute atomic E-state index is 0.590. The molecule has 0 fully saturated rings. The topological polar surface area (TPSA) is 0 Å². The maximum Gasteiger partial charge on any atom is 0.265 e. The first-order chi connectivity index (χ1) is 3.91. The number of hydrogen-bond acceptors (Lipinski definition) is 0. The molecule has 0 spiro atoms. The van der Waals surface area contributed by atoms with Gasteiger partial charge in [-0.2, -0.15) is 0 Å². The largest absolute Gasteiger partial charge is 0.265 e. The number of unbranched alkanes of at least 4 members (excludes halogenated alkanes) is 3. The average Bonchev–Trinajstić information content (AvgIpc) is 1.81. The van der Waals surface area contributed by atoms with Crippen molar-refractivity contribution in [1.82, 2.24) is 0 Å². The number of alkyl halides is 2. The van der Waals surface area contributed by atoms with E-state index in [0.29, 0.717) is 21.2 Å². The Morgan fingerprint density at radius 1 is 1.12 bits per heavy atom. The van der Waals surface area contributed by atoms with Gasteiger partial charge in [0.05, 0.1) is 0 Å². The van der Waals surface area contributed by atoms with E-state index in [9.17, 15) is 0 Å². The molecule has 0 amide bonds. The summed E-state index contributed by atoms with van der Waals surface area (Å²) in [6, 6.07) is 0. The second-order valence-electron chi connectivity index (χ2n) is 2.02. The highest BCUT2D eigenvalue weighted by Gasteiger charge is 1.94. The van der Waals surface area contributed by atoms with E-state index in [4.69, 9.17) is 0 Å². The molecule has 0 aromatic rings. The predicted molar refractivity (Wildman–Crippen MR) is 34.9 cm³/mol. The fraction of sp³-hybridized carbons (Fsp3) is 1.00. The van der Waals surface area contributed by atoms with Gasteiger partial charge in [0.25, 0.3) is 21.2 Å². The number of hydrogen-bond donors (Lipinski definition) is 0. The summed E-state index contributed by atoms with van der Waals surface area (Å²) in [7, 11) is 0. The van der Waals surface area contributed by atoms with Crippen molar-refractivity contribution in [3.63, 3.8) is 0 Å². The van der Waals surface area contributed by atoms with Crippen molar-refractivity contribution in [2.75, 3.05) is 9.36 Å². The highest BCUT2D eigenvalue weighted by atomic mass is 127. The van der Waals surface area contributed by atoms with Crippen LogP contribution >= 0.6 is 0 Å². The summed E-state index contributed by atoms with van der Waals surface area (Å²) in [5.74, 6) is 0. The third-order valence-electron chi connectivity index (χ3n) is 1.18. The molecular formula is C7H16I+. The Labute approximate surface area is 63.3 Å². The molecule has 0 unspecified atom stereocenters. The monoisotopic (exact) mass is 227 g/mol. The van der Waals surface area contributed by atoms with E-state index in [1.54, 1.807) is 4.43 Å². The number of rotatable bonds is 5. The van der Waals surface area contributed by atoms with Gasteiger partial charge in [-0.25, -0.2) is 0 Å². The molecule has 0 aliphatic carbocycles. The Kier molecular flexibility index (Phi) is 8.44. The van der Waals surface area contributed by atoms with Crippen LogP contribution in [0.5, 0.6) is 0 Å². The lowest BCUT2D eigenvalue weighted by molar-refractivity contribution is -0.627. The van der Waals surface area contributed by atoms with Crippen molar-refractivity contribution in [2.24, 2.45) is 0 Å². The molecule has 50 valence electrons. The summed E-state index contributed by atoms with van der Waals surface area (Å²) in [6.45, 7) is 2.26. The van der Waals surface area contributed by atoms with Crippen molar-refractivity contribution < 1.29 is 21.2 Å². The summed E-state index contributed by atoms with van der Waals surface area (Å²) < 4.78 is 1.54. The van der Waals surface area contributed by atoms with Crippen LogP contribution in [-0.4, -0.2) is 9.36 Å². The van der Waals surface area contributed by atoms with Crippen LogP contribution in [0.4, 0.5) is 0 Å². The molecular weight excluding hydrogens is 211 g/mol. The van der Waals surface area contributed by atoms with Gasteiger partial charge in [-0.3, -0.25) is 0 Å². The molecule has 0 saturated carbocycles. The van der Waals surface area contributed by atoms with Gasteiger partial charge in [0, 0.05) is 0 Å². The van der Waals surface area contributed by atoms with Crippen molar-refractivity contribution in [2.45, 2.75) is 32.6 Å². The molecule has 8 heavy (non-hydrogen) atoms. The molecule has 0 rings (SSSR count). The number of halogens is 1. The van der Waals surface area contributed by atoms with E-state index in [0.717, 1.165) is 0 Å². The van der Waals surface area contributed by atoms with Crippen LogP contribution in [0, 0.1) is 0 Å². The molecule has 1 heteroatoms. The lowest BCUT2D eigenvalue weighted by atomic mass is 10.2. The lowest BCUT2D eigenvalue weighted by Gasteiger charge is -1.88. The molecule has 0 nitrogen and oxygen atoms in total. The molecule has 0 saturated heterocycles. The zero-order chi connectivity index (χ0) is 6.24. The average molecular weight is 227 g/mol. The van der Waals surface area contributed by atoms with Crippen LogP contribution in [0.1, 0.15) is 32.6 Å². The SMILES string of the molecule is CCCCCC[I+]C. The minimum Gasteiger partial charge on any atom is -0.0654 e. The predicted octanol–water partition coefficient (Wildman–Crippen LogP) is -0.714. The van der Waals surface area contributed by atoms with Gasteiger partial charge in [-0.15, -0.1) is 0 Å². The van der Waals surface area contributed by atoms with E-state index >= 15 is 0 Å². The summed E-state index contributed by atoms with van der Waals surface area (Å²) in [4.78, 5) is 2.37. The highest BCUT2D eigenvalue weighted by molar-refractivity contribution is 4.35. The Bertz CT molecular complexity index is 29.4. The lowest BCUT2D eigenvalue weighted by Crippen LogP contribution is -3.61. The van der Waals surface area contributed by atoms with E-state index in [-0.39, 0.29) is 0 Å². The van der Waals surface area contributed by atoms with Gasteiger partial charge in [-0.05, 0) is 12.8 Å². The normalized spacial score (nSPS) is 9.75. The highest BCUT2D eigenvalue weighted by Crippen LogP contribution is 1.94. The van der Waals surface area contributed by atoms with Crippen LogP contribution < -0.4 is 21.2 Å². The Morgan fingerprint density at radius 2 is 1.88 bits per heavy atom. The van der Waals surface area contributed by atoms with Crippen LogP contribution in [0.25, 0.3) is 0 Å². The molecule has 0 bridgehead atoms. The first-order valence-corrected chi connectivity index (χ1v) is 7.04. The van der Waals surface area contributed by atoms with Crippen molar-refractivity contribution >= 4 is 0 Å². The van der Waals surface area contributed by atoms with E-state index in [1.165, 1.54) is 25.7 Å². The molecule has 0 aliphatic rings. The van der Waals surface area contributed by atoms with Gasteiger partial charge in [0.15, 0.2) is 0 Å². The second kappa shape index (κ2) is 7.73. The van der Waals surface area contributed by atoms with Crippen molar-refractivity contribution in [3.8, 4) is 0 Å². The van der Waals surface area contributed by atoms with Gasteiger partial charge in [-0.1, -0.05) is 19.8 Å². The van der Waals surface area contributed by atoms with Gasteiger partial charge < -0.3 is 0 Å². The smallest absolute Gasteiger partial charge is 0.0654 e. The first kappa shape index (κ1) is 8.73. The fourth-order valence-electron chi connectivity index (χ4n) is 0.655. The van der Waals surface area contributed by atoms with Gasteiger partial charge >= 0.3 is 0 Å². The molecule has 0 heterocycles. The zero-order valence-corrected chi connectivity index (χ0v) is 8.07. The van der Waals surface area contributed by atoms with E-state index < -0.39 is 0 Å². The quantitative estimate of drug-likeness (QED) is 0.330. The standard InChI is InChI=1S/C7H16I/c1-3-4-5-6-7-8-2/h3-7H2,1-2H3/q+1. The van der Waals surface area contributed by atoms with Gasteiger partial charge in [0.2, 0.25) is 0 Å². The summed E-state index contributed by atoms with van der Waals surface area (Å²) >= 11 is 0.590. The van der Waals surface area contributed by atoms with Gasteiger partial charge in [0.1, 0.15) is 9.36 Å². The van der Waals surface area contributed by atoms with Crippen molar-refractivity contribution in [3.05, 3.63) is 0 Å². The molecule has 0 aromatic heterocycles. The molecule has 0 aromatic carbocycles. The van der Waals surface area contributed by atoms with Crippen LogP contribution in [0.3, 0.4) is 0 Å². The summed E-state index contributed by atoms with van der Waals surface area (Å²) in [5.41, 5.74) is 0. The third-order valence-corrected chi connectivity index (χ3v) is 3.02.